The van der Waals surface area contributed by atoms with Crippen LogP contribution in [0.2, 0.25) is 0 Å². The minimum Gasteiger partial charge on any atom is -0.392 e. The van der Waals surface area contributed by atoms with E-state index in [1.807, 2.05) is 35.7 Å². The van der Waals surface area contributed by atoms with Crippen molar-refractivity contribution < 1.29 is 5.11 Å². The Morgan fingerprint density at radius 2 is 2.05 bits per heavy atom. The van der Waals surface area contributed by atoms with E-state index in [0.717, 1.165) is 11.3 Å². The Hall–Kier alpha value is -0.900. The van der Waals surface area contributed by atoms with E-state index in [1.54, 1.807) is 0 Å². The molecule has 1 N–H and O–H groups in total. The average Bonchev–Trinajstić information content (AvgIpc) is 2.89. The minimum absolute atomic E-state index is 0.122. The molecule has 0 aromatic heterocycles. The van der Waals surface area contributed by atoms with Gasteiger partial charge in [-0.05, 0) is 29.3 Å². The van der Waals surface area contributed by atoms with Crippen LogP contribution < -0.4 is 0 Å². The summed E-state index contributed by atoms with van der Waals surface area (Å²) in [6.45, 7) is 0.122. The lowest BCUT2D eigenvalue weighted by Crippen LogP contribution is -2.00. The summed E-state index contributed by atoms with van der Waals surface area (Å²) < 4.78 is 0. The largest absolute Gasteiger partial charge is 0.392 e. The molecule has 1 atom stereocenters. The third-order valence-corrected chi connectivity index (χ3v) is 5.74. The number of thioether (sulfide) groups is 2. The van der Waals surface area contributed by atoms with Crippen molar-refractivity contribution in [3.05, 3.63) is 59.7 Å². The third kappa shape index (κ3) is 2.99. The van der Waals surface area contributed by atoms with Crippen LogP contribution >= 0.6 is 23.5 Å². The zero-order chi connectivity index (χ0) is 13.1. The fourth-order valence-corrected chi connectivity index (χ4v) is 4.80. The Balaban J connectivity index is 1.67. The first-order valence-electron chi connectivity index (χ1n) is 6.41. The first-order chi connectivity index (χ1) is 9.36. The number of hydrogen-bond donors (Lipinski definition) is 1. The number of hydrogen-bond acceptors (Lipinski definition) is 3. The highest BCUT2D eigenvalue weighted by Gasteiger charge is 2.22. The summed E-state index contributed by atoms with van der Waals surface area (Å²) in [5, 5.41) is 9.16. The molecule has 0 saturated carbocycles. The predicted molar refractivity (Wildman–Crippen MR) is 83.0 cm³/mol. The van der Waals surface area contributed by atoms with E-state index in [1.165, 1.54) is 21.1 Å². The van der Waals surface area contributed by atoms with Crippen molar-refractivity contribution in [1.82, 2.24) is 0 Å². The van der Waals surface area contributed by atoms with Crippen molar-refractivity contribution in [3.8, 4) is 0 Å². The van der Waals surface area contributed by atoms with Crippen molar-refractivity contribution in [2.45, 2.75) is 22.3 Å². The monoisotopic (exact) mass is 288 g/mol. The van der Waals surface area contributed by atoms with Gasteiger partial charge in [-0.1, -0.05) is 30.3 Å². The van der Waals surface area contributed by atoms with Crippen LogP contribution in [0.1, 0.15) is 17.0 Å². The molecule has 1 aliphatic rings. The zero-order valence-electron chi connectivity index (χ0n) is 10.6. The van der Waals surface area contributed by atoms with Gasteiger partial charge in [0.1, 0.15) is 0 Å². The average molecular weight is 288 g/mol. The number of aliphatic hydroxyl groups excluding tert-OH is 1. The molecule has 0 spiro atoms. The summed E-state index contributed by atoms with van der Waals surface area (Å²) in [5.74, 6) is 2.94. The molecule has 2 aromatic carbocycles. The van der Waals surface area contributed by atoms with Gasteiger partial charge in [-0.25, -0.2) is 0 Å². The van der Waals surface area contributed by atoms with Crippen molar-refractivity contribution in [2.24, 2.45) is 0 Å². The molecular formula is C16H16OS2. The molecule has 19 heavy (non-hydrogen) atoms. The van der Waals surface area contributed by atoms with E-state index in [4.69, 9.17) is 5.11 Å². The van der Waals surface area contributed by atoms with Crippen LogP contribution in [0.25, 0.3) is 0 Å². The molecule has 0 fully saturated rings. The number of fused-ring (bicyclic) bond motifs is 1. The first-order valence-corrected chi connectivity index (χ1v) is 8.38. The fourth-order valence-electron chi connectivity index (χ4n) is 2.30. The smallest absolute Gasteiger partial charge is 0.0682 e. The maximum absolute atomic E-state index is 9.16. The second-order valence-electron chi connectivity index (χ2n) is 4.66. The molecule has 0 saturated heterocycles. The van der Waals surface area contributed by atoms with Gasteiger partial charge < -0.3 is 5.11 Å². The summed E-state index contributed by atoms with van der Waals surface area (Å²) in [7, 11) is 0. The van der Waals surface area contributed by atoms with Gasteiger partial charge in [0.05, 0.1) is 6.61 Å². The lowest BCUT2D eigenvalue weighted by molar-refractivity contribution is 0.281. The highest BCUT2D eigenvalue weighted by molar-refractivity contribution is 8.00. The molecule has 2 aromatic rings. The first kappa shape index (κ1) is 13.1. The van der Waals surface area contributed by atoms with Gasteiger partial charge in [0, 0.05) is 27.2 Å². The number of benzene rings is 2. The standard InChI is InChI=1S/C16H16OS2/c17-9-12-4-3-5-14(8-12)18-10-13-11-19-16-7-2-1-6-15(13)16/h1-8,13,17H,9-11H2. The molecule has 1 heterocycles. The summed E-state index contributed by atoms with van der Waals surface area (Å²) in [6.07, 6.45) is 0. The van der Waals surface area contributed by atoms with Gasteiger partial charge in [-0.2, -0.15) is 0 Å². The van der Waals surface area contributed by atoms with Crippen LogP contribution in [-0.4, -0.2) is 16.6 Å². The molecule has 1 unspecified atom stereocenters. The van der Waals surface area contributed by atoms with Crippen molar-refractivity contribution in [2.75, 3.05) is 11.5 Å². The maximum atomic E-state index is 9.16. The van der Waals surface area contributed by atoms with Gasteiger partial charge in [0.15, 0.2) is 0 Å². The van der Waals surface area contributed by atoms with Gasteiger partial charge >= 0.3 is 0 Å². The van der Waals surface area contributed by atoms with E-state index < -0.39 is 0 Å². The quantitative estimate of drug-likeness (QED) is 0.853. The molecule has 0 aliphatic carbocycles. The summed E-state index contributed by atoms with van der Waals surface area (Å²) in [5.41, 5.74) is 2.49. The van der Waals surface area contributed by atoms with Gasteiger partial charge in [0.2, 0.25) is 0 Å². The maximum Gasteiger partial charge on any atom is 0.0682 e. The third-order valence-electron chi connectivity index (χ3n) is 3.33. The Morgan fingerprint density at radius 3 is 2.95 bits per heavy atom. The number of rotatable bonds is 4. The molecule has 0 radical (unpaired) electrons. The Morgan fingerprint density at radius 1 is 1.16 bits per heavy atom. The SMILES string of the molecule is OCc1cccc(SCC2CSc3ccccc32)c1. The lowest BCUT2D eigenvalue weighted by atomic mass is 10.0. The van der Waals surface area contributed by atoms with Crippen LogP contribution in [0.15, 0.2) is 58.3 Å². The Labute approximate surface area is 122 Å². The zero-order valence-corrected chi connectivity index (χ0v) is 12.2. The molecule has 0 amide bonds. The minimum atomic E-state index is 0.122. The molecule has 1 nitrogen and oxygen atoms in total. The summed E-state index contributed by atoms with van der Waals surface area (Å²) in [4.78, 5) is 2.69. The summed E-state index contributed by atoms with van der Waals surface area (Å²) in [6, 6.07) is 16.9. The Bertz CT molecular complexity index is 568. The second-order valence-corrected chi connectivity index (χ2v) is 6.82. The molecule has 1 aliphatic heterocycles. The van der Waals surface area contributed by atoms with Gasteiger partial charge in [-0.3, -0.25) is 0 Å². The summed E-state index contributed by atoms with van der Waals surface area (Å²) >= 11 is 3.85. The van der Waals surface area contributed by atoms with Crippen molar-refractivity contribution in [3.63, 3.8) is 0 Å². The molecule has 3 rings (SSSR count). The van der Waals surface area contributed by atoms with Crippen LogP contribution in [0.5, 0.6) is 0 Å². The van der Waals surface area contributed by atoms with Crippen LogP contribution in [0.3, 0.4) is 0 Å². The van der Waals surface area contributed by atoms with E-state index >= 15 is 0 Å². The lowest BCUT2D eigenvalue weighted by Gasteiger charge is -2.10. The van der Waals surface area contributed by atoms with E-state index in [-0.39, 0.29) is 6.61 Å². The van der Waals surface area contributed by atoms with Crippen LogP contribution in [-0.2, 0) is 6.61 Å². The van der Waals surface area contributed by atoms with Gasteiger partial charge in [-0.15, -0.1) is 23.5 Å². The van der Waals surface area contributed by atoms with Crippen LogP contribution in [0.4, 0.5) is 0 Å². The normalized spacial score (nSPS) is 17.4. The Kier molecular flexibility index (Phi) is 4.16. The van der Waals surface area contributed by atoms with Crippen molar-refractivity contribution >= 4 is 23.5 Å². The molecule has 3 heteroatoms. The topological polar surface area (TPSA) is 20.2 Å². The van der Waals surface area contributed by atoms with Crippen molar-refractivity contribution in [1.29, 1.82) is 0 Å². The molecule has 98 valence electrons. The van der Waals surface area contributed by atoms with E-state index in [2.05, 4.69) is 36.4 Å². The van der Waals surface area contributed by atoms with Crippen LogP contribution in [0, 0.1) is 0 Å². The second kappa shape index (κ2) is 6.04. The van der Waals surface area contributed by atoms with Gasteiger partial charge in [0.25, 0.3) is 0 Å². The highest BCUT2D eigenvalue weighted by Crippen LogP contribution is 2.41. The highest BCUT2D eigenvalue weighted by atomic mass is 32.2. The van der Waals surface area contributed by atoms with E-state index in [9.17, 15) is 0 Å². The fraction of sp³-hybridized carbons (Fsp3) is 0.250. The predicted octanol–water partition coefficient (Wildman–Crippen LogP) is 4.16. The molecule has 0 bridgehead atoms. The molecular weight excluding hydrogens is 272 g/mol. The number of aliphatic hydroxyl groups is 1. The van der Waals surface area contributed by atoms with E-state index in [0.29, 0.717) is 5.92 Å².